The molecular formula is C12H9N3O6. The van der Waals surface area contributed by atoms with E-state index in [1.807, 2.05) is 0 Å². The molecule has 0 radical (unpaired) electrons. The van der Waals surface area contributed by atoms with Crippen molar-refractivity contribution in [2.24, 2.45) is 0 Å². The Kier molecular flexibility index (Phi) is 3.65. The van der Waals surface area contributed by atoms with Crippen LogP contribution in [0.5, 0.6) is 5.75 Å². The molecule has 0 aliphatic carbocycles. The van der Waals surface area contributed by atoms with Gasteiger partial charge in [0.2, 0.25) is 0 Å². The molecule has 2 rings (SSSR count). The van der Waals surface area contributed by atoms with Gasteiger partial charge >= 0.3 is 16.8 Å². The lowest BCUT2D eigenvalue weighted by Crippen LogP contribution is -2.15. The summed E-state index contributed by atoms with van der Waals surface area (Å²) in [5, 5.41) is 21.7. The van der Waals surface area contributed by atoms with Gasteiger partial charge in [0.25, 0.3) is 0 Å². The average molecular weight is 291 g/mol. The van der Waals surface area contributed by atoms with Crippen molar-refractivity contribution in [2.75, 3.05) is 7.11 Å². The van der Waals surface area contributed by atoms with Crippen LogP contribution in [0, 0.1) is 20.2 Å². The van der Waals surface area contributed by atoms with E-state index in [1.165, 1.54) is 7.11 Å². The lowest BCUT2D eigenvalue weighted by atomic mass is 10.2. The van der Waals surface area contributed by atoms with Crippen LogP contribution in [-0.4, -0.2) is 21.5 Å². The molecule has 9 nitrogen and oxygen atoms in total. The molecule has 1 aromatic heterocycles. The molecule has 21 heavy (non-hydrogen) atoms. The maximum Gasteiger partial charge on any atom is 0.340 e. The van der Waals surface area contributed by atoms with Crippen LogP contribution in [0.4, 0.5) is 11.4 Å². The Morgan fingerprint density at radius 2 is 1.48 bits per heavy atom. The minimum atomic E-state index is -1.23. The predicted molar refractivity (Wildman–Crippen MR) is 71.9 cm³/mol. The Balaban J connectivity index is 2.65. The van der Waals surface area contributed by atoms with Crippen molar-refractivity contribution in [3.05, 3.63) is 67.1 Å². The molecule has 0 unspecified atom stereocenters. The van der Waals surface area contributed by atoms with E-state index in [4.69, 9.17) is 4.74 Å². The highest BCUT2D eigenvalue weighted by Crippen LogP contribution is 2.19. The molecule has 0 spiro atoms. The van der Waals surface area contributed by atoms with Gasteiger partial charge in [0, 0.05) is 5.69 Å². The number of hydrogen-bond acceptors (Lipinski definition) is 6. The van der Waals surface area contributed by atoms with E-state index in [1.54, 1.807) is 24.3 Å². The maximum absolute atomic E-state index is 11.6. The maximum atomic E-state index is 11.6. The molecule has 0 aliphatic rings. The van der Waals surface area contributed by atoms with Crippen LogP contribution in [0.1, 0.15) is 0 Å². The average Bonchev–Trinajstić information content (AvgIpc) is 2.47. The molecule has 1 aromatic carbocycles. The van der Waals surface area contributed by atoms with E-state index >= 15 is 0 Å². The van der Waals surface area contributed by atoms with Crippen molar-refractivity contribution in [3.63, 3.8) is 0 Å². The first-order chi connectivity index (χ1) is 9.93. The fourth-order valence-electron chi connectivity index (χ4n) is 1.71. The van der Waals surface area contributed by atoms with Gasteiger partial charge in [-0.1, -0.05) is 0 Å². The largest absolute Gasteiger partial charge is 0.497 e. The SMILES string of the molecule is COc1ccc(-n2cc([N+](=O)[O-])c(=O)c([N+](=O)[O-])c2)cc1. The van der Waals surface area contributed by atoms with E-state index in [9.17, 15) is 25.0 Å². The number of nitrogens with zero attached hydrogens (tertiary/aromatic N) is 3. The van der Waals surface area contributed by atoms with Gasteiger partial charge in [0.1, 0.15) is 5.75 Å². The predicted octanol–water partition coefficient (Wildman–Crippen LogP) is 1.66. The van der Waals surface area contributed by atoms with E-state index in [0.29, 0.717) is 11.4 Å². The van der Waals surface area contributed by atoms with Gasteiger partial charge in [-0.15, -0.1) is 0 Å². The third-order valence-corrected chi connectivity index (χ3v) is 2.75. The number of aromatic nitrogens is 1. The van der Waals surface area contributed by atoms with Gasteiger partial charge in [-0.3, -0.25) is 25.0 Å². The summed E-state index contributed by atoms with van der Waals surface area (Å²) < 4.78 is 6.12. The second-order valence-electron chi connectivity index (χ2n) is 3.98. The Morgan fingerprint density at radius 1 is 1.00 bits per heavy atom. The van der Waals surface area contributed by atoms with Crippen LogP contribution in [0.3, 0.4) is 0 Å². The molecule has 0 saturated carbocycles. The number of nitro groups is 2. The summed E-state index contributed by atoms with van der Waals surface area (Å²) in [6.45, 7) is 0. The second-order valence-corrected chi connectivity index (χ2v) is 3.98. The molecule has 9 heteroatoms. The van der Waals surface area contributed by atoms with E-state index in [2.05, 4.69) is 0 Å². The molecule has 0 saturated heterocycles. The van der Waals surface area contributed by atoms with Gasteiger partial charge < -0.3 is 9.30 Å². The molecule has 0 aliphatic heterocycles. The summed E-state index contributed by atoms with van der Waals surface area (Å²) >= 11 is 0. The Hall–Kier alpha value is -3.23. The van der Waals surface area contributed by atoms with Crippen molar-refractivity contribution >= 4 is 11.4 Å². The van der Waals surface area contributed by atoms with Crippen molar-refractivity contribution in [1.82, 2.24) is 4.57 Å². The van der Waals surface area contributed by atoms with Crippen molar-refractivity contribution in [1.29, 1.82) is 0 Å². The van der Waals surface area contributed by atoms with Gasteiger partial charge in [-0.25, -0.2) is 0 Å². The monoisotopic (exact) mass is 291 g/mol. The Labute approximate surface area is 117 Å². The minimum absolute atomic E-state index is 0.419. The highest BCUT2D eigenvalue weighted by atomic mass is 16.6. The summed E-state index contributed by atoms with van der Waals surface area (Å²) in [4.78, 5) is 31.4. The molecule has 0 atom stereocenters. The lowest BCUT2D eigenvalue weighted by molar-refractivity contribution is -0.397. The van der Waals surface area contributed by atoms with Gasteiger partial charge in [0.15, 0.2) is 0 Å². The first kappa shape index (κ1) is 14.2. The van der Waals surface area contributed by atoms with Crippen LogP contribution in [0.2, 0.25) is 0 Å². The zero-order chi connectivity index (χ0) is 15.6. The molecule has 0 amide bonds. The molecule has 0 bridgehead atoms. The molecule has 0 N–H and O–H groups in total. The minimum Gasteiger partial charge on any atom is -0.497 e. The van der Waals surface area contributed by atoms with Crippen molar-refractivity contribution < 1.29 is 14.6 Å². The van der Waals surface area contributed by atoms with Crippen LogP contribution < -0.4 is 10.2 Å². The third kappa shape index (κ3) is 2.71. The van der Waals surface area contributed by atoms with Crippen LogP contribution >= 0.6 is 0 Å². The first-order valence-corrected chi connectivity index (χ1v) is 5.63. The van der Waals surface area contributed by atoms with Crippen molar-refractivity contribution in [3.8, 4) is 11.4 Å². The number of benzene rings is 1. The molecule has 1 heterocycles. The van der Waals surface area contributed by atoms with Gasteiger partial charge in [-0.2, -0.15) is 0 Å². The summed E-state index contributed by atoms with van der Waals surface area (Å²) in [7, 11) is 1.48. The highest BCUT2D eigenvalue weighted by molar-refractivity contribution is 5.45. The number of pyridine rings is 1. The molecule has 0 fully saturated rings. The van der Waals surface area contributed by atoms with Crippen molar-refractivity contribution in [2.45, 2.75) is 0 Å². The highest BCUT2D eigenvalue weighted by Gasteiger charge is 2.24. The van der Waals surface area contributed by atoms with E-state index < -0.39 is 26.7 Å². The topological polar surface area (TPSA) is 118 Å². The fraction of sp³-hybridized carbons (Fsp3) is 0.0833. The summed E-state index contributed by atoms with van der Waals surface area (Å²) in [5.74, 6) is 0.559. The summed E-state index contributed by atoms with van der Waals surface area (Å²) in [5.41, 5.74) is -2.53. The standard InChI is InChI=1S/C12H9N3O6/c1-21-9-4-2-8(3-5-9)13-6-10(14(17)18)12(16)11(7-13)15(19)20/h2-7H,1H3. The molecule has 2 aromatic rings. The third-order valence-electron chi connectivity index (χ3n) is 2.75. The fourth-order valence-corrected chi connectivity index (χ4v) is 1.71. The number of rotatable bonds is 4. The molecule has 108 valence electrons. The zero-order valence-corrected chi connectivity index (χ0v) is 10.8. The summed E-state index contributed by atoms with van der Waals surface area (Å²) in [6, 6.07) is 6.28. The second kappa shape index (κ2) is 5.41. The number of methoxy groups -OCH3 is 1. The van der Waals surface area contributed by atoms with E-state index in [-0.39, 0.29) is 0 Å². The van der Waals surface area contributed by atoms with E-state index in [0.717, 1.165) is 17.0 Å². The van der Waals surface area contributed by atoms with Crippen LogP contribution in [-0.2, 0) is 0 Å². The summed E-state index contributed by atoms with van der Waals surface area (Å²) in [6.07, 6.45) is 1.88. The Morgan fingerprint density at radius 3 is 1.86 bits per heavy atom. The number of ether oxygens (including phenoxy) is 1. The van der Waals surface area contributed by atoms with Gasteiger partial charge in [-0.05, 0) is 24.3 Å². The molecular weight excluding hydrogens is 282 g/mol. The zero-order valence-electron chi connectivity index (χ0n) is 10.8. The quantitative estimate of drug-likeness (QED) is 0.624. The number of hydrogen-bond donors (Lipinski definition) is 0. The van der Waals surface area contributed by atoms with Crippen LogP contribution in [0.25, 0.3) is 5.69 Å². The smallest absolute Gasteiger partial charge is 0.340 e. The van der Waals surface area contributed by atoms with Crippen LogP contribution in [0.15, 0.2) is 41.5 Å². The normalized spacial score (nSPS) is 10.1. The first-order valence-electron chi connectivity index (χ1n) is 5.63. The lowest BCUT2D eigenvalue weighted by Gasteiger charge is -2.07. The Bertz CT molecular complexity index is 727. The van der Waals surface area contributed by atoms with Gasteiger partial charge in [0.05, 0.1) is 29.4 Å².